The summed E-state index contributed by atoms with van der Waals surface area (Å²) in [6.45, 7) is 13.1. The van der Waals surface area contributed by atoms with Crippen LogP contribution in [0.1, 0.15) is 48.0 Å². The fraction of sp³-hybridized carbons (Fsp3) is 0.833. The Morgan fingerprint density at radius 2 is 1.85 bits per heavy atom. The van der Waals surface area contributed by atoms with Crippen molar-refractivity contribution in [2.45, 2.75) is 54.0 Å². The first kappa shape index (κ1) is 12.7. The van der Waals surface area contributed by atoms with E-state index >= 15 is 0 Å². The molecule has 1 aliphatic carbocycles. The molecule has 0 aromatic rings. The van der Waals surface area contributed by atoms with Gasteiger partial charge < -0.3 is 5.73 Å². The lowest BCUT2D eigenvalue weighted by Gasteiger charge is -2.38. The minimum absolute atomic E-state index is 0.279. The monoisotopic (exact) mass is 183 g/mol. The van der Waals surface area contributed by atoms with E-state index in [1.54, 1.807) is 0 Å². The zero-order valence-electron chi connectivity index (χ0n) is 10.0. The normalized spacial score (nSPS) is 31.5. The van der Waals surface area contributed by atoms with E-state index < -0.39 is 0 Å². The van der Waals surface area contributed by atoms with Crippen molar-refractivity contribution in [1.29, 1.82) is 0 Å². The van der Waals surface area contributed by atoms with E-state index in [2.05, 4.69) is 33.8 Å². The molecule has 2 N–H and O–H groups in total. The van der Waals surface area contributed by atoms with Crippen LogP contribution in [0, 0.1) is 11.3 Å². The Labute approximate surface area is 83.4 Å². The van der Waals surface area contributed by atoms with Crippen LogP contribution in [-0.4, -0.2) is 6.04 Å². The molecular formula is C12H25N. The molecule has 1 aliphatic rings. The van der Waals surface area contributed by atoms with Gasteiger partial charge in [0.2, 0.25) is 0 Å². The SMILES string of the molecule is CC.CC1=CC(N)CC(C)(C)C1C. The zero-order chi connectivity index (χ0) is 10.6. The standard InChI is InChI=1S/C10H19N.C2H6/c1-7-5-9(11)6-10(3,4)8(7)2;1-2/h5,8-9H,6,11H2,1-4H3;1-2H3. The van der Waals surface area contributed by atoms with Crippen LogP contribution >= 0.6 is 0 Å². The molecule has 13 heavy (non-hydrogen) atoms. The van der Waals surface area contributed by atoms with E-state index in [1.165, 1.54) is 5.57 Å². The fourth-order valence-corrected chi connectivity index (χ4v) is 1.94. The van der Waals surface area contributed by atoms with E-state index in [9.17, 15) is 0 Å². The number of nitrogens with two attached hydrogens (primary N) is 1. The lowest BCUT2D eigenvalue weighted by Crippen LogP contribution is -2.36. The molecule has 1 heteroatoms. The van der Waals surface area contributed by atoms with Crippen molar-refractivity contribution in [3.05, 3.63) is 11.6 Å². The van der Waals surface area contributed by atoms with Crippen molar-refractivity contribution in [2.24, 2.45) is 17.1 Å². The highest BCUT2D eigenvalue weighted by Crippen LogP contribution is 2.39. The summed E-state index contributed by atoms with van der Waals surface area (Å²) < 4.78 is 0. The van der Waals surface area contributed by atoms with E-state index in [4.69, 9.17) is 5.73 Å². The van der Waals surface area contributed by atoms with Crippen LogP contribution in [0.3, 0.4) is 0 Å². The predicted octanol–water partition coefficient (Wildman–Crippen LogP) is 3.35. The number of rotatable bonds is 0. The summed E-state index contributed by atoms with van der Waals surface area (Å²) in [6, 6.07) is 0.279. The van der Waals surface area contributed by atoms with Crippen LogP contribution in [0.4, 0.5) is 0 Å². The van der Waals surface area contributed by atoms with E-state index in [-0.39, 0.29) is 6.04 Å². The first-order chi connectivity index (χ1) is 5.93. The van der Waals surface area contributed by atoms with Gasteiger partial charge >= 0.3 is 0 Å². The molecule has 0 radical (unpaired) electrons. The molecule has 2 atom stereocenters. The molecule has 0 aromatic heterocycles. The van der Waals surface area contributed by atoms with Crippen molar-refractivity contribution in [1.82, 2.24) is 0 Å². The second-order valence-electron chi connectivity index (χ2n) is 4.49. The summed E-state index contributed by atoms with van der Waals surface area (Å²) in [7, 11) is 0. The molecular weight excluding hydrogens is 158 g/mol. The Morgan fingerprint density at radius 1 is 1.38 bits per heavy atom. The maximum Gasteiger partial charge on any atom is 0.0231 e. The van der Waals surface area contributed by atoms with Gasteiger partial charge in [-0.3, -0.25) is 0 Å². The first-order valence-corrected chi connectivity index (χ1v) is 5.37. The molecule has 1 nitrogen and oxygen atoms in total. The summed E-state index contributed by atoms with van der Waals surface area (Å²) in [6.07, 6.45) is 3.32. The van der Waals surface area contributed by atoms with E-state index in [0.717, 1.165) is 6.42 Å². The zero-order valence-corrected chi connectivity index (χ0v) is 10.0. The van der Waals surface area contributed by atoms with Crippen molar-refractivity contribution >= 4 is 0 Å². The van der Waals surface area contributed by atoms with Gasteiger partial charge in [-0.05, 0) is 24.7 Å². The third kappa shape index (κ3) is 3.15. The number of allylic oxidation sites excluding steroid dienone is 1. The molecule has 0 spiro atoms. The van der Waals surface area contributed by atoms with E-state index in [0.29, 0.717) is 11.3 Å². The van der Waals surface area contributed by atoms with Crippen LogP contribution in [0.25, 0.3) is 0 Å². The number of hydrogen-bond acceptors (Lipinski definition) is 1. The van der Waals surface area contributed by atoms with Gasteiger partial charge in [-0.15, -0.1) is 0 Å². The number of hydrogen-bond donors (Lipinski definition) is 1. The van der Waals surface area contributed by atoms with Crippen LogP contribution in [0.15, 0.2) is 11.6 Å². The Bertz CT molecular complexity index is 180. The van der Waals surface area contributed by atoms with Gasteiger partial charge in [-0.2, -0.15) is 0 Å². The average molecular weight is 183 g/mol. The van der Waals surface area contributed by atoms with Crippen molar-refractivity contribution < 1.29 is 0 Å². The minimum Gasteiger partial charge on any atom is -0.324 e. The topological polar surface area (TPSA) is 26.0 Å². The molecule has 0 heterocycles. The third-order valence-corrected chi connectivity index (χ3v) is 3.09. The molecule has 78 valence electrons. The lowest BCUT2D eigenvalue weighted by molar-refractivity contribution is 0.219. The minimum atomic E-state index is 0.279. The predicted molar refractivity (Wildman–Crippen MR) is 60.6 cm³/mol. The van der Waals surface area contributed by atoms with E-state index in [1.807, 2.05) is 13.8 Å². The van der Waals surface area contributed by atoms with Crippen molar-refractivity contribution in [2.75, 3.05) is 0 Å². The van der Waals surface area contributed by atoms with Gasteiger partial charge in [0.15, 0.2) is 0 Å². The Kier molecular flexibility index (Phi) is 4.69. The van der Waals surface area contributed by atoms with Crippen LogP contribution in [0.5, 0.6) is 0 Å². The molecule has 0 amide bonds. The van der Waals surface area contributed by atoms with Crippen LogP contribution < -0.4 is 5.73 Å². The van der Waals surface area contributed by atoms with Gasteiger partial charge in [0.25, 0.3) is 0 Å². The summed E-state index contributed by atoms with van der Waals surface area (Å²) >= 11 is 0. The first-order valence-electron chi connectivity index (χ1n) is 5.37. The quantitative estimate of drug-likeness (QED) is 0.573. The Balaban J connectivity index is 0.000000671. The maximum absolute atomic E-state index is 5.89. The summed E-state index contributed by atoms with van der Waals surface area (Å²) in [5, 5.41) is 0. The fourth-order valence-electron chi connectivity index (χ4n) is 1.94. The second-order valence-corrected chi connectivity index (χ2v) is 4.49. The van der Waals surface area contributed by atoms with Crippen LogP contribution in [-0.2, 0) is 0 Å². The molecule has 0 aromatic carbocycles. The van der Waals surface area contributed by atoms with Gasteiger partial charge in [0.1, 0.15) is 0 Å². The molecule has 0 bridgehead atoms. The van der Waals surface area contributed by atoms with Gasteiger partial charge in [0.05, 0.1) is 0 Å². The highest BCUT2D eigenvalue weighted by molar-refractivity contribution is 5.15. The smallest absolute Gasteiger partial charge is 0.0231 e. The Morgan fingerprint density at radius 3 is 2.23 bits per heavy atom. The highest BCUT2D eigenvalue weighted by Gasteiger charge is 2.31. The Hall–Kier alpha value is -0.300. The average Bonchev–Trinajstić information content (AvgIpc) is 2.03. The highest BCUT2D eigenvalue weighted by atomic mass is 14.6. The van der Waals surface area contributed by atoms with Gasteiger partial charge in [0, 0.05) is 6.04 Å². The lowest BCUT2D eigenvalue weighted by atomic mass is 9.68. The molecule has 0 aliphatic heterocycles. The molecule has 0 saturated carbocycles. The van der Waals surface area contributed by atoms with Crippen molar-refractivity contribution in [3.8, 4) is 0 Å². The summed E-state index contributed by atoms with van der Waals surface area (Å²) in [4.78, 5) is 0. The third-order valence-electron chi connectivity index (χ3n) is 3.09. The molecule has 0 fully saturated rings. The second kappa shape index (κ2) is 4.80. The largest absolute Gasteiger partial charge is 0.324 e. The summed E-state index contributed by atoms with van der Waals surface area (Å²) in [5.41, 5.74) is 7.73. The van der Waals surface area contributed by atoms with Gasteiger partial charge in [-0.25, -0.2) is 0 Å². The molecule has 1 rings (SSSR count). The summed E-state index contributed by atoms with van der Waals surface area (Å²) in [5.74, 6) is 0.683. The van der Waals surface area contributed by atoms with Crippen LogP contribution in [0.2, 0.25) is 0 Å². The molecule has 2 unspecified atom stereocenters. The van der Waals surface area contributed by atoms with Gasteiger partial charge in [-0.1, -0.05) is 46.3 Å². The maximum atomic E-state index is 5.89. The van der Waals surface area contributed by atoms with Crippen molar-refractivity contribution in [3.63, 3.8) is 0 Å². The molecule has 0 saturated heterocycles.